The Bertz CT molecular complexity index is 314. The van der Waals surface area contributed by atoms with Gasteiger partial charge in [-0.25, -0.2) is 0 Å². The molecule has 0 rings (SSSR count). The molecule has 0 aromatic heterocycles. The van der Waals surface area contributed by atoms with Gasteiger partial charge in [0.2, 0.25) is 0 Å². The second kappa shape index (κ2) is 25.5. The highest BCUT2D eigenvalue weighted by atomic mass is 16.5. The molecule has 2 heteroatoms. The summed E-state index contributed by atoms with van der Waals surface area (Å²) >= 11 is 0. The van der Waals surface area contributed by atoms with Gasteiger partial charge in [0.05, 0.1) is 6.61 Å². The van der Waals surface area contributed by atoms with Gasteiger partial charge in [-0.2, -0.15) is 0 Å². The van der Waals surface area contributed by atoms with Crippen molar-refractivity contribution in [3.63, 3.8) is 0 Å². The van der Waals surface area contributed by atoms with Crippen molar-refractivity contribution < 1.29 is 9.53 Å². The highest BCUT2D eigenvalue weighted by Crippen LogP contribution is 2.14. The minimum atomic E-state index is 0.00748. The Labute approximate surface area is 184 Å². The molecule has 0 aromatic carbocycles. The Morgan fingerprint density at radius 1 is 0.448 bits per heavy atom. The number of hydrogen-bond acceptors (Lipinski definition) is 2. The van der Waals surface area contributed by atoms with Gasteiger partial charge in [0.1, 0.15) is 0 Å². The summed E-state index contributed by atoms with van der Waals surface area (Å²) in [6.45, 7) is 5.07. The monoisotopic (exact) mass is 410 g/mol. The molecule has 0 bridgehead atoms. The molecule has 0 aliphatic carbocycles. The Hall–Kier alpha value is -0.530. The average Bonchev–Trinajstić information content (AvgIpc) is 2.73. The summed E-state index contributed by atoms with van der Waals surface area (Å²) in [5.74, 6) is 0.00748. The Morgan fingerprint density at radius 3 is 1.14 bits per heavy atom. The van der Waals surface area contributed by atoms with Gasteiger partial charge in [0.25, 0.3) is 0 Å². The molecule has 0 atom stereocenters. The summed E-state index contributed by atoms with van der Waals surface area (Å²) in [5.41, 5.74) is 0. The molecule has 0 N–H and O–H groups in total. The Morgan fingerprint density at radius 2 is 0.759 bits per heavy atom. The third-order valence-electron chi connectivity index (χ3n) is 6.00. The predicted molar refractivity (Wildman–Crippen MR) is 128 cm³/mol. The molecular formula is C27H54O2. The van der Waals surface area contributed by atoms with E-state index in [0.29, 0.717) is 13.0 Å². The number of esters is 1. The lowest BCUT2D eigenvalue weighted by Gasteiger charge is -2.05. The summed E-state index contributed by atoms with van der Waals surface area (Å²) in [5, 5.41) is 0. The number of hydrogen-bond donors (Lipinski definition) is 0. The summed E-state index contributed by atoms with van der Waals surface area (Å²) in [6.07, 6.45) is 30.3. The first-order valence-electron chi connectivity index (χ1n) is 13.5. The summed E-state index contributed by atoms with van der Waals surface area (Å²) in [7, 11) is 0. The van der Waals surface area contributed by atoms with Gasteiger partial charge >= 0.3 is 5.97 Å². The third kappa shape index (κ3) is 25.4. The normalized spacial score (nSPS) is 11.1. The summed E-state index contributed by atoms with van der Waals surface area (Å²) in [6, 6.07) is 0. The second-order valence-corrected chi connectivity index (χ2v) is 9.04. The molecule has 0 aromatic rings. The molecular weight excluding hydrogens is 356 g/mol. The zero-order chi connectivity index (χ0) is 21.3. The van der Waals surface area contributed by atoms with E-state index in [2.05, 4.69) is 13.8 Å². The lowest BCUT2D eigenvalue weighted by Crippen LogP contribution is -2.05. The van der Waals surface area contributed by atoms with Gasteiger partial charge < -0.3 is 4.74 Å². The molecule has 0 aliphatic rings. The van der Waals surface area contributed by atoms with Crippen LogP contribution < -0.4 is 0 Å². The van der Waals surface area contributed by atoms with Crippen LogP contribution in [-0.4, -0.2) is 12.6 Å². The lowest BCUT2D eigenvalue weighted by molar-refractivity contribution is -0.143. The Kier molecular flexibility index (Phi) is 25.0. The van der Waals surface area contributed by atoms with E-state index in [0.717, 1.165) is 19.3 Å². The first-order chi connectivity index (χ1) is 14.3. The fourth-order valence-electron chi connectivity index (χ4n) is 3.96. The van der Waals surface area contributed by atoms with Crippen molar-refractivity contribution in [3.05, 3.63) is 0 Å². The topological polar surface area (TPSA) is 26.3 Å². The van der Waals surface area contributed by atoms with E-state index in [-0.39, 0.29) is 5.97 Å². The van der Waals surface area contributed by atoms with Crippen molar-refractivity contribution in [1.82, 2.24) is 0 Å². The van der Waals surface area contributed by atoms with Crippen molar-refractivity contribution in [2.75, 3.05) is 6.61 Å². The predicted octanol–water partition coefficient (Wildman–Crippen LogP) is 9.54. The molecule has 0 spiro atoms. The van der Waals surface area contributed by atoms with E-state index < -0.39 is 0 Å². The van der Waals surface area contributed by atoms with Crippen LogP contribution in [0.4, 0.5) is 0 Å². The van der Waals surface area contributed by atoms with Crippen molar-refractivity contribution in [2.24, 2.45) is 0 Å². The van der Waals surface area contributed by atoms with Crippen molar-refractivity contribution in [2.45, 2.75) is 162 Å². The molecule has 0 heterocycles. The third-order valence-corrected chi connectivity index (χ3v) is 6.00. The summed E-state index contributed by atoms with van der Waals surface area (Å²) < 4.78 is 5.24. The van der Waals surface area contributed by atoms with Crippen LogP contribution in [0.25, 0.3) is 0 Å². The first-order valence-corrected chi connectivity index (χ1v) is 13.5. The molecule has 0 radical (unpaired) electrons. The van der Waals surface area contributed by atoms with Gasteiger partial charge in [-0.3, -0.25) is 4.79 Å². The maximum absolute atomic E-state index is 11.6. The first kappa shape index (κ1) is 28.5. The minimum Gasteiger partial charge on any atom is -0.466 e. The Balaban J connectivity index is 3.07. The summed E-state index contributed by atoms with van der Waals surface area (Å²) in [4.78, 5) is 11.6. The highest BCUT2D eigenvalue weighted by molar-refractivity contribution is 5.69. The molecule has 0 unspecified atom stereocenters. The van der Waals surface area contributed by atoms with E-state index in [1.165, 1.54) is 122 Å². The second-order valence-electron chi connectivity index (χ2n) is 9.04. The van der Waals surface area contributed by atoms with Gasteiger partial charge in [0, 0.05) is 6.42 Å². The van der Waals surface area contributed by atoms with E-state index in [1.54, 1.807) is 0 Å². The van der Waals surface area contributed by atoms with Crippen LogP contribution in [0.15, 0.2) is 0 Å². The quantitative estimate of drug-likeness (QED) is 0.117. The zero-order valence-corrected chi connectivity index (χ0v) is 20.3. The zero-order valence-electron chi connectivity index (χ0n) is 20.3. The fourth-order valence-corrected chi connectivity index (χ4v) is 3.96. The maximum Gasteiger partial charge on any atom is 0.305 e. The van der Waals surface area contributed by atoms with E-state index >= 15 is 0 Å². The van der Waals surface area contributed by atoms with Gasteiger partial charge in [-0.1, -0.05) is 142 Å². The average molecular weight is 411 g/mol. The molecule has 0 fully saturated rings. The van der Waals surface area contributed by atoms with Crippen LogP contribution in [0.2, 0.25) is 0 Å². The number of carbonyl (C=O) groups excluding carboxylic acids is 1. The maximum atomic E-state index is 11.6. The van der Waals surface area contributed by atoms with Crippen LogP contribution in [0.1, 0.15) is 162 Å². The fraction of sp³-hybridized carbons (Fsp3) is 0.963. The van der Waals surface area contributed by atoms with E-state index in [9.17, 15) is 4.79 Å². The SMILES string of the molecule is CCCCCCCCCCCCCCCCCCCCCC(=O)OCCCCC. The number of rotatable bonds is 24. The molecule has 29 heavy (non-hydrogen) atoms. The van der Waals surface area contributed by atoms with Crippen molar-refractivity contribution in [1.29, 1.82) is 0 Å². The van der Waals surface area contributed by atoms with Crippen LogP contribution >= 0.6 is 0 Å². The molecule has 2 nitrogen and oxygen atoms in total. The molecule has 0 saturated carbocycles. The van der Waals surface area contributed by atoms with E-state index in [4.69, 9.17) is 4.74 Å². The van der Waals surface area contributed by atoms with E-state index in [1.807, 2.05) is 0 Å². The largest absolute Gasteiger partial charge is 0.466 e. The van der Waals surface area contributed by atoms with Gasteiger partial charge in [0.15, 0.2) is 0 Å². The molecule has 0 saturated heterocycles. The minimum absolute atomic E-state index is 0.00748. The highest BCUT2D eigenvalue weighted by Gasteiger charge is 2.02. The number of unbranched alkanes of at least 4 members (excludes halogenated alkanes) is 20. The molecule has 0 aliphatic heterocycles. The van der Waals surface area contributed by atoms with Gasteiger partial charge in [-0.05, 0) is 12.8 Å². The number of ether oxygens (including phenoxy) is 1. The standard InChI is InChI=1S/C27H54O2/c1-3-5-7-8-9-10-11-12-13-14-15-16-17-18-19-20-21-22-23-25-27(28)29-26-24-6-4-2/h3-26H2,1-2H3. The smallest absolute Gasteiger partial charge is 0.305 e. The number of carbonyl (C=O) groups is 1. The van der Waals surface area contributed by atoms with Gasteiger partial charge in [-0.15, -0.1) is 0 Å². The van der Waals surface area contributed by atoms with Crippen molar-refractivity contribution in [3.8, 4) is 0 Å². The van der Waals surface area contributed by atoms with Crippen molar-refractivity contribution >= 4 is 5.97 Å². The van der Waals surface area contributed by atoms with Crippen LogP contribution in [0.3, 0.4) is 0 Å². The molecule has 174 valence electrons. The lowest BCUT2D eigenvalue weighted by atomic mass is 10.0. The van der Waals surface area contributed by atoms with Crippen LogP contribution in [0, 0.1) is 0 Å². The molecule has 0 amide bonds. The van der Waals surface area contributed by atoms with Crippen LogP contribution in [-0.2, 0) is 9.53 Å². The van der Waals surface area contributed by atoms with Crippen LogP contribution in [0.5, 0.6) is 0 Å².